The minimum Gasteiger partial charge on any atom is -0.388 e. The maximum atomic E-state index is 5.40. The van der Waals surface area contributed by atoms with Gasteiger partial charge in [-0.25, -0.2) is 0 Å². The third kappa shape index (κ3) is 3.45. The molecule has 0 aliphatic carbocycles. The fourth-order valence-corrected chi connectivity index (χ4v) is 1.51. The molecule has 0 aliphatic rings. The van der Waals surface area contributed by atoms with Crippen LogP contribution in [0.4, 0.5) is 0 Å². The number of rotatable bonds is 4. The minimum absolute atomic E-state index is 0.0313. The Kier molecular flexibility index (Phi) is 3.92. The second-order valence-electron chi connectivity index (χ2n) is 3.80. The molecule has 0 spiro atoms. The average molecular weight is 225 g/mol. The summed E-state index contributed by atoms with van der Waals surface area (Å²) in [5.41, 5.74) is 2.16. The first-order valence-electron chi connectivity index (χ1n) is 5.65. The highest BCUT2D eigenvalue weighted by Crippen LogP contribution is 2.15. The summed E-state index contributed by atoms with van der Waals surface area (Å²) in [5.74, 6) is 0. The summed E-state index contributed by atoms with van der Waals surface area (Å²) >= 11 is 0. The molecule has 0 saturated carbocycles. The normalized spacial score (nSPS) is 12.5. The molecular weight excluding hydrogens is 210 g/mol. The zero-order valence-corrected chi connectivity index (χ0v) is 9.78. The number of hydrogen-bond donors (Lipinski definition) is 0. The Morgan fingerprint density at radius 1 is 0.941 bits per heavy atom. The van der Waals surface area contributed by atoms with E-state index in [0.29, 0.717) is 0 Å². The monoisotopic (exact) mass is 225 g/mol. The summed E-state index contributed by atoms with van der Waals surface area (Å²) in [6, 6.07) is 19.9. The molecule has 0 heterocycles. The molecule has 2 heteroatoms. The highest BCUT2D eigenvalue weighted by atomic mass is 16.6. The summed E-state index contributed by atoms with van der Waals surface area (Å²) in [5, 5.41) is 3.99. The molecule has 0 aromatic heterocycles. The van der Waals surface area contributed by atoms with Crippen LogP contribution in [0.1, 0.15) is 24.2 Å². The molecule has 2 aromatic carbocycles. The summed E-state index contributed by atoms with van der Waals surface area (Å²) < 4.78 is 0. The SMILES string of the molecule is C[C@@H](O/N=C/c1ccccc1)c1ccccc1. The van der Waals surface area contributed by atoms with E-state index >= 15 is 0 Å². The van der Waals surface area contributed by atoms with Crippen molar-refractivity contribution in [3.63, 3.8) is 0 Å². The van der Waals surface area contributed by atoms with Gasteiger partial charge in [0, 0.05) is 0 Å². The van der Waals surface area contributed by atoms with Crippen molar-refractivity contribution in [1.29, 1.82) is 0 Å². The van der Waals surface area contributed by atoms with Crippen molar-refractivity contribution in [2.24, 2.45) is 5.16 Å². The van der Waals surface area contributed by atoms with E-state index in [-0.39, 0.29) is 6.10 Å². The van der Waals surface area contributed by atoms with Crippen LogP contribution in [0.5, 0.6) is 0 Å². The fourth-order valence-electron chi connectivity index (χ4n) is 1.51. The molecule has 0 amide bonds. The van der Waals surface area contributed by atoms with Gasteiger partial charge in [0.25, 0.3) is 0 Å². The molecule has 0 unspecified atom stereocenters. The van der Waals surface area contributed by atoms with E-state index in [9.17, 15) is 0 Å². The van der Waals surface area contributed by atoms with E-state index in [1.54, 1.807) is 6.21 Å². The van der Waals surface area contributed by atoms with E-state index in [4.69, 9.17) is 4.84 Å². The molecule has 2 nitrogen and oxygen atoms in total. The number of benzene rings is 2. The molecule has 0 saturated heterocycles. The van der Waals surface area contributed by atoms with Crippen LogP contribution in [0, 0.1) is 0 Å². The molecule has 2 aromatic rings. The molecule has 86 valence electrons. The highest BCUT2D eigenvalue weighted by Gasteiger charge is 2.03. The zero-order valence-electron chi connectivity index (χ0n) is 9.78. The molecule has 1 atom stereocenters. The fraction of sp³-hybridized carbons (Fsp3) is 0.133. The van der Waals surface area contributed by atoms with Gasteiger partial charge in [0.05, 0.1) is 6.21 Å². The van der Waals surface area contributed by atoms with Crippen molar-refractivity contribution >= 4 is 6.21 Å². The first-order valence-corrected chi connectivity index (χ1v) is 5.65. The first-order chi connectivity index (χ1) is 8.36. The zero-order chi connectivity index (χ0) is 11.9. The molecule has 17 heavy (non-hydrogen) atoms. The second-order valence-corrected chi connectivity index (χ2v) is 3.80. The average Bonchev–Trinajstić information content (AvgIpc) is 2.41. The quantitative estimate of drug-likeness (QED) is 0.573. The number of hydrogen-bond acceptors (Lipinski definition) is 2. The molecule has 0 radical (unpaired) electrons. The number of oxime groups is 1. The molecule has 0 aliphatic heterocycles. The maximum Gasteiger partial charge on any atom is 0.149 e. The number of nitrogens with zero attached hydrogens (tertiary/aromatic N) is 1. The smallest absolute Gasteiger partial charge is 0.149 e. The third-order valence-electron chi connectivity index (χ3n) is 2.49. The van der Waals surface area contributed by atoms with Gasteiger partial charge in [-0.05, 0) is 18.1 Å². The Balaban J connectivity index is 1.93. The predicted octanol–water partition coefficient (Wildman–Crippen LogP) is 3.80. The third-order valence-corrected chi connectivity index (χ3v) is 2.49. The Hall–Kier alpha value is -2.09. The van der Waals surface area contributed by atoms with Crippen LogP contribution < -0.4 is 0 Å². The molecular formula is C15H15NO. The van der Waals surface area contributed by atoms with Crippen LogP contribution in [-0.2, 0) is 4.84 Å². The topological polar surface area (TPSA) is 21.6 Å². The summed E-state index contributed by atoms with van der Waals surface area (Å²) in [6.45, 7) is 1.98. The van der Waals surface area contributed by atoms with E-state index in [0.717, 1.165) is 11.1 Å². The highest BCUT2D eigenvalue weighted by molar-refractivity contribution is 5.78. The Labute approximate surface area is 102 Å². The van der Waals surface area contributed by atoms with E-state index < -0.39 is 0 Å². The molecule has 0 N–H and O–H groups in total. The van der Waals surface area contributed by atoms with E-state index in [1.165, 1.54) is 0 Å². The predicted molar refractivity (Wildman–Crippen MR) is 70.0 cm³/mol. The van der Waals surface area contributed by atoms with Crippen molar-refractivity contribution in [1.82, 2.24) is 0 Å². The lowest BCUT2D eigenvalue weighted by Gasteiger charge is -2.08. The Bertz CT molecular complexity index is 465. The maximum absolute atomic E-state index is 5.40. The minimum atomic E-state index is -0.0313. The van der Waals surface area contributed by atoms with Crippen LogP contribution in [0.2, 0.25) is 0 Å². The van der Waals surface area contributed by atoms with Gasteiger partial charge in [0.15, 0.2) is 0 Å². The van der Waals surface area contributed by atoms with Crippen LogP contribution in [0.25, 0.3) is 0 Å². The molecule has 0 fully saturated rings. The van der Waals surface area contributed by atoms with Gasteiger partial charge in [-0.3, -0.25) is 0 Å². The van der Waals surface area contributed by atoms with Gasteiger partial charge in [-0.1, -0.05) is 65.8 Å². The Morgan fingerprint density at radius 2 is 1.53 bits per heavy atom. The van der Waals surface area contributed by atoms with Crippen molar-refractivity contribution in [3.8, 4) is 0 Å². The Morgan fingerprint density at radius 3 is 2.18 bits per heavy atom. The molecule has 0 bridgehead atoms. The van der Waals surface area contributed by atoms with Crippen molar-refractivity contribution in [3.05, 3.63) is 71.8 Å². The molecule has 2 rings (SSSR count). The van der Waals surface area contributed by atoms with Gasteiger partial charge in [0.2, 0.25) is 0 Å². The lowest BCUT2D eigenvalue weighted by Crippen LogP contribution is -1.95. The summed E-state index contributed by atoms with van der Waals surface area (Å²) in [7, 11) is 0. The van der Waals surface area contributed by atoms with Crippen LogP contribution in [0.3, 0.4) is 0 Å². The van der Waals surface area contributed by atoms with Gasteiger partial charge >= 0.3 is 0 Å². The van der Waals surface area contributed by atoms with E-state index in [2.05, 4.69) is 5.16 Å². The van der Waals surface area contributed by atoms with E-state index in [1.807, 2.05) is 67.6 Å². The van der Waals surface area contributed by atoms with Crippen LogP contribution >= 0.6 is 0 Å². The van der Waals surface area contributed by atoms with Crippen LogP contribution in [-0.4, -0.2) is 6.21 Å². The lowest BCUT2D eigenvalue weighted by molar-refractivity contribution is 0.0736. The summed E-state index contributed by atoms with van der Waals surface area (Å²) in [6.07, 6.45) is 1.69. The second kappa shape index (κ2) is 5.85. The van der Waals surface area contributed by atoms with Gasteiger partial charge < -0.3 is 4.84 Å². The van der Waals surface area contributed by atoms with Crippen molar-refractivity contribution < 1.29 is 4.84 Å². The van der Waals surface area contributed by atoms with Crippen molar-refractivity contribution in [2.45, 2.75) is 13.0 Å². The summed E-state index contributed by atoms with van der Waals surface area (Å²) in [4.78, 5) is 5.40. The van der Waals surface area contributed by atoms with Gasteiger partial charge in [-0.2, -0.15) is 0 Å². The van der Waals surface area contributed by atoms with Crippen molar-refractivity contribution in [2.75, 3.05) is 0 Å². The van der Waals surface area contributed by atoms with Gasteiger partial charge in [0.1, 0.15) is 6.10 Å². The lowest BCUT2D eigenvalue weighted by atomic mass is 10.1. The van der Waals surface area contributed by atoms with Crippen LogP contribution in [0.15, 0.2) is 65.8 Å². The largest absolute Gasteiger partial charge is 0.388 e. The standard InChI is InChI=1S/C15H15NO/c1-13(15-10-6-3-7-11-15)17-16-12-14-8-4-2-5-9-14/h2-13H,1H3/b16-12+/t13-/m1/s1. The first kappa shape index (κ1) is 11.4. The van der Waals surface area contributed by atoms with Gasteiger partial charge in [-0.15, -0.1) is 0 Å².